The van der Waals surface area contributed by atoms with E-state index in [-0.39, 0.29) is 17.8 Å². The molecule has 1 fully saturated rings. The lowest BCUT2D eigenvalue weighted by Gasteiger charge is -2.33. The number of hydrogen-bond donors (Lipinski definition) is 0. The van der Waals surface area contributed by atoms with Crippen LogP contribution in [-0.4, -0.2) is 13.1 Å². The topological polar surface area (TPSA) is 35.5 Å². The van der Waals surface area contributed by atoms with Crippen molar-refractivity contribution in [3.05, 3.63) is 64.1 Å². The first kappa shape index (κ1) is 20.9. The summed E-state index contributed by atoms with van der Waals surface area (Å²) in [6.45, 7) is 2.66. The maximum atomic E-state index is 12.7. The first-order valence-electron chi connectivity index (χ1n) is 10.1. The quantitative estimate of drug-likeness (QED) is 0.457. The molecule has 1 aliphatic rings. The molecule has 150 valence electrons. The SMILES string of the molecule is COC(=O)C(C1CCCCC1)C(C)c1cc(OCc2ccccc2)ccc1Br. The van der Waals surface area contributed by atoms with Crippen molar-refractivity contribution in [1.82, 2.24) is 0 Å². The van der Waals surface area contributed by atoms with Crippen molar-refractivity contribution in [3.63, 3.8) is 0 Å². The number of carbonyl (C=O) groups excluding carboxylic acids is 1. The van der Waals surface area contributed by atoms with E-state index in [9.17, 15) is 4.79 Å². The van der Waals surface area contributed by atoms with Crippen molar-refractivity contribution in [2.75, 3.05) is 7.11 Å². The van der Waals surface area contributed by atoms with Gasteiger partial charge in [0.1, 0.15) is 12.4 Å². The Hall–Kier alpha value is -1.81. The maximum Gasteiger partial charge on any atom is 0.309 e. The highest BCUT2D eigenvalue weighted by Crippen LogP contribution is 2.41. The van der Waals surface area contributed by atoms with E-state index in [0.29, 0.717) is 12.5 Å². The first-order chi connectivity index (χ1) is 13.6. The van der Waals surface area contributed by atoms with Crippen molar-refractivity contribution >= 4 is 21.9 Å². The van der Waals surface area contributed by atoms with E-state index in [0.717, 1.165) is 34.2 Å². The summed E-state index contributed by atoms with van der Waals surface area (Å²) in [6, 6.07) is 16.2. The molecule has 4 heteroatoms. The Balaban J connectivity index is 1.80. The highest BCUT2D eigenvalue weighted by atomic mass is 79.9. The van der Waals surface area contributed by atoms with Crippen LogP contribution in [0.15, 0.2) is 53.0 Å². The number of ether oxygens (including phenoxy) is 2. The second-order valence-electron chi connectivity index (χ2n) is 7.69. The largest absolute Gasteiger partial charge is 0.489 e. The number of methoxy groups -OCH3 is 1. The molecule has 2 aromatic carbocycles. The van der Waals surface area contributed by atoms with Crippen LogP contribution in [0.3, 0.4) is 0 Å². The molecule has 2 atom stereocenters. The van der Waals surface area contributed by atoms with Gasteiger partial charge in [-0.3, -0.25) is 4.79 Å². The molecule has 0 N–H and O–H groups in total. The van der Waals surface area contributed by atoms with E-state index in [1.165, 1.54) is 26.4 Å². The third kappa shape index (κ3) is 5.16. The molecule has 0 aromatic heterocycles. The van der Waals surface area contributed by atoms with E-state index in [4.69, 9.17) is 9.47 Å². The van der Waals surface area contributed by atoms with Crippen molar-refractivity contribution < 1.29 is 14.3 Å². The van der Waals surface area contributed by atoms with Crippen molar-refractivity contribution in [2.24, 2.45) is 11.8 Å². The Bertz CT molecular complexity index is 769. The van der Waals surface area contributed by atoms with Crippen LogP contribution < -0.4 is 4.74 Å². The molecule has 0 aliphatic heterocycles. The number of esters is 1. The van der Waals surface area contributed by atoms with Crippen LogP contribution in [0.1, 0.15) is 56.1 Å². The van der Waals surface area contributed by atoms with Crippen LogP contribution in [0, 0.1) is 11.8 Å². The Labute approximate surface area is 176 Å². The zero-order valence-electron chi connectivity index (χ0n) is 16.7. The summed E-state index contributed by atoms with van der Waals surface area (Å²) in [4.78, 5) is 12.7. The van der Waals surface area contributed by atoms with Gasteiger partial charge in [-0.25, -0.2) is 0 Å². The number of hydrogen-bond acceptors (Lipinski definition) is 3. The van der Waals surface area contributed by atoms with Gasteiger partial charge in [0.2, 0.25) is 0 Å². The minimum absolute atomic E-state index is 0.0604. The zero-order chi connectivity index (χ0) is 19.9. The monoisotopic (exact) mass is 444 g/mol. The van der Waals surface area contributed by atoms with E-state index in [2.05, 4.69) is 41.1 Å². The second-order valence-corrected chi connectivity index (χ2v) is 8.55. The van der Waals surface area contributed by atoms with Crippen molar-refractivity contribution in [1.29, 1.82) is 0 Å². The predicted molar refractivity (Wildman–Crippen MR) is 115 cm³/mol. The fourth-order valence-electron chi connectivity index (χ4n) is 4.33. The molecule has 0 heterocycles. The predicted octanol–water partition coefficient (Wildman–Crippen LogP) is 6.50. The van der Waals surface area contributed by atoms with Gasteiger partial charge in [-0.15, -0.1) is 0 Å². The summed E-state index contributed by atoms with van der Waals surface area (Å²) in [5, 5.41) is 0. The molecular weight excluding hydrogens is 416 g/mol. The summed E-state index contributed by atoms with van der Waals surface area (Å²) >= 11 is 3.68. The van der Waals surface area contributed by atoms with Gasteiger partial charge in [-0.1, -0.05) is 72.4 Å². The van der Waals surface area contributed by atoms with Crippen LogP contribution in [0.5, 0.6) is 5.75 Å². The van der Waals surface area contributed by atoms with Gasteiger partial charge in [0.15, 0.2) is 0 Å². The smallest absolute Gasteiger partial charge is 0.309 e. The molecule has 1 saturated carbocycles. The lowest BCUT2D eigenvalue weighted by atomic mass is 9.72. The number of rotatable bonds is 7. The molecule has 3 rings (SSSR count). The van der Waals surface area contributed by atoms with E-state index < -0.39 is 0 Å². The molecule has 3 nitrogen and oxygen atoms in total. The number of carbonyl (C=O) groups is 1. The summed E-state index contributed by atoms with van der Waals surface area (Å²) in [6.07, 6.45) is 5.88. The molecule has 2 aromatic rings. The first-order valence-corrected chi connectivity index (χ1v) is 10.9. The van der Waals surface area contributed by atoms with Crippen LogP contribution in [0.25, 0.3) is 0 Å². The molecule has 0 amide bonds. The third-order valence-corrected chi connectivity index (χ3v) is 6.60. The van der Waals surface area contributed by atoms with Crippen LogP contribution in [0.4, 0.5) is 0 Å². The normalized spacial score (nSPS) is 17.0. The van der Waals surface area contributed by atoms with Crippen LogP contribution >= 0.6 is 15.9 Å². The summed E-state index contributed by atoms with van der Waals surface area (Å²) in [5.41, 5.74) is 2.24. The summed E-state index contributed by atoms with van der Waals surface area (Å²) in [5.74, 6) is 1.05. The lowest BCUT2D eigenvalue weighted by molar-refractivity contribution is -0.148. The highest BCUT2D eigenvalue weighted by molar-refractivity contribution is 9.10. The minimum atomic E-state index is -0.119. The zero-order valence-corrected chi connectivity index (χ0v) is 18.3. The maximum absolute atomic E-state index is 12.7. The highest BCUT2D eigenvalue weighted by Gasteiger charge is 2.36. The fourth-order valence-corrected chi connectivity index (χ4v) is 4.94. The van der Waals surface area contributed by atoms with Crippen molar-refractivity contribution in [2.45, 2.75) is 51.6 Å². The standard InChI is InChI=1S/C24H29BrO3/c1-17(23(24(26)27-2)19-11-7-4-8-12-19)21-15-20(13-14-22(21)25)28-16-18-9-5-3-6-10-18/h3,5-6,9-10,13-15,17,19,23H,4,7-8,11-12,16H2,1-2H3. The Morgan fingerprint density at radius 3 is 2.50 bits per heavy atom. The Morgan fingerprint density at radius 1 is 1.11 bits per heavy atom. The van der Waals surface area contributed by atoms with Gasteiger partial charge < -0.3 is 9.47 Å². The average Bonchev–Trinajstić information content (AvgIpc) is 2.74. The molecular formula is C24H29BrO3. The van der Waals surface area contributed by atoms with Crippen molar-refractivity contribution in [3.8, 4) is 5.75 Å². The molecule has 0 bridgehead atoms. The fraction of sp³-hybridized carbons (Fsp3) is 0.458. The molecule has 28 heavy (non-hydrogen) atoms. The Kier molecular flexibility index (Phi) is 7.55. The van der Waals surface area contributed by atoms with Gasteiger partial charge in [-0.2, -0.15) is 0 Å². The lowest BCUT2D eigenvalue weighted by Crippen LogP contribution is -2.31. The van der Waals surface area contributed by atoms with Gasteiger partial charge in [0.25, 0.3) is 0 Å². The minimum Gasteiger partial charge on any atom is -0.489 e. The third-order valence-electron chi connectivity index (χ3n) is 5.88. The second kappa shape index (κ2) is 10.1. The molecule has 2 unspecified atom stereocenters. The molecule has 0 radical (unpaired) electrons. The number of halogens is 1. The van der Waals surface area contributed by atoms with Gasteiger partial charge in [0.05, 0.1) is 13.0 Å². The van der Waals surface area contributed by atoms with Gasteiger partial charge in [-0.05, 0) is 54.0 Å². The van der Waals surface area contributed by atoms with E-state index in [1.54, 1.807) is 0 Å². The average molecular weight is 445 g/mol. The number of benzene rings is 2. The van der Waals surface area contributed by atoms with Gasteiger partial charge >= 0.3 is 5.97 Å². The Morgan fingerprint density at radius 2 is 1.82 bits per heavy atom. The van der Waals surface area contributed by atoms with Crippen LogP contribution in [0.2, 0.25) is 0 Å². The molecule has 1 aliphatic carbocycles. The molecule has 0 saturated heterocycles. The summed E-state index contributed by atoms with van der Waals surface area (Å²) in [7, 11) is 1.50. The summed E-state index contributed by atoms with van der Waals surface area (Å²) < 4.78 is 12.2. The van der Waals surface area contributed by atoms with E-state index >= 15 is 0 Å². The van der Waals surface area contributed by atoms with E-state index in [1.807, 2.05) is 30.3 Å². The molecule has 0 spiro atoms. The van der Waals surface area contributed by atoms with Crippen LogP contribution in [-0.2, 0) is 16.1 Å². The van der Waals surface area contributed by atoms with Gasteiger partial charge in [0, 0.05) is 4.47 Å².